The van der Waals surface area contributed by atoms with E-state index in [1.807, 2.05) is 33.8 Å². The number of hydrogen-bond acceptors (Lipinski definition) is 2. The molecule has 96 valence electrons. The number of carbonyl (C=O) groups is 2. The van der Waals surface area contributed by atoms with Gasteiger partial charge in [0.2, 0.25) is 11.8 Å². The summed E-state index contributed by atoms with van der Waals surface area (Å²) in [5.74, 6) is 0.000694. The SMILES string of the molecule is CCC1NC(=O)CC(C)N(CC=C(C)C)C1=O. The van der Waals surface area contributed by atoms with Crippen molar-refractivity contribution in [3.63, 3.8) is 0 Å². The Balaban J connectivity index is 2.86. The smallest absolute Gasteiger partial charge is 0.245 e. The first-order valence-corrected chi connectivity index (χ1v) is 6.19. The summed E-state index contributed by atoms with van der Waals surface area (Å²) < 4.78 is 0. The minimum absolute atomic E-state index is 0.0302. The maximum absolute atomic E-state index is 12.2. The van der Waals surface area contributed by atoms with E-state index in [-0.39, 0.29) is 23.9 Å². The van der Waals surface area contributed by atoms with Crippen molar-refractivity contribution < 1.29 is 9.59 Å². The standard InChI is InChI=1S/C13H22N2O2/c1-5-11-13(17)15(7-6-9(2)3)10(4)8-12(16)14-11/h6,10-11H,5,7-8H2,1-4H3,(H,14,16). The van der Waals surface area contributed by atoms with Crippen LogP contribution in [0.25, 0.3) is 0 Å². The van der Waals surface area contributed by atoms with Crippen LogP contribution in [0.4, 0.5) is 0 Å². The fourth-order valence-corrected chi connectivity index (χ4v) is 1.94. The molecule has 1 rings (SSSR count). The number of rotatable bonds is 3. The van der Waals surface area contributed by atoms with Gasteiger partial charge in [-0.1, -0.05) is 18.6 Å². The van der Waals surface area contributed by atoms with Crippen molar-refractivity contribution in [2.24, 2.45) is 0 Å². The molecule has 17 heavy (non-hydrogen) atoms. The van der Waals surface area contributed by atoms with Crippen molar-refractivity contribution in [3.8, 4) is 0 Å². The molecule has 0 bridgehead atoms. The van der Waals surface area contributed by atoms with Gasteiger partial charge in [-0.25, -0.2) is 0 Å². The molecule has 2 atom stereocenters. The first-order chi connectivity index (χ1) is 7.95. The van der Waals surface area contributed by atoms with Gasteiger partial charge in [-0.3, -0.25) is 9.59 Å². The highest BCUT2D eigenvalue weighted by Crippen LogP contribution is 2.13. The summed E-state index contributed by atoms with van der Waals surface area (Å²) in [6.07, 6.45) is 3.05. The quantitative estimate of drug-likeness (QED) is 0.757. The minimum Gasteiger partial charge on any atom is -0.344 e. The molecule has 2 amide bonds. The molecule has 1 heterocycles. The van der Waals surface area contributed by atoms with Crippen molar-refractivity contribution in [1.82, 2.24) is 10.2 Å². The number of carbonyl (C=O) groups excluding carboxylic acids is 2. The molecule has 0 aromatic rings. The monoisotopic (exact) mass is 238 g/mol. The van der Waals surface area contributed by atoms with Gasteiger partial charge in [0.05, 0.1) is 0 Å². The van der Waals surface area contributed by atoms with E-state index >= 15 is 0 Å². The average Bonchev–Trinajstić information content (AvgIpc) is 2.34. The molecule has 1 N–H and O–H groups in total. The molecule has 0 aliphatic carbocycles. The van der Waals surface area contributed by atoms with Crippen molar-refractivity contribution in [2.45, 2.75) is 52.6 Å². The van der Waals surface area contributed by atoms with Gasteiger partial charge in [-0.05, 0) is 27.2 Å². The fraction of sp³-hybridized carbons (Fsp3) is 0.692. The summed E-state index contributed by atoms with van der Waals surface area (Å²) in [4.78, 5) is 25.6. The van der Waals surface area contributed by atoms with Gasteiger partial charge in [0.25, 0.3) is 0 Å². The molecular formula is C13H22N2O2. The molecule has 1 aliphatic heterocycles. The fourth-order valence-electron chi connectivity index (χ4n) is 1.94. The highest BCUT2D eigenvalue weighted by molar-refractivity contribution is 5.90. The Morgan fingerprint density at radius 3 is 2.65 bits per heavy atom. The summed E-state index contributed by atoms with van der Waals surface area (Å²) in [5, 5.41) is 2.78. The van der Waals surface area contributed by atoms with E-state index in [9.17, 15) is 9.59 Å². The molecule has 2 unspecified atom stereocenters. The Morgan fingerprint density at radius 2 is 2.12 bits per heavy atom. The van der Waals surface area contributed by atoms with Gasteiger partial charge in [0.15, 0.2) is 0 Å². The van der Waals surface area contributed by atoms with Gasteiger partial charge in [0.1, 0.15) is 6.04 Å². The largest absolute Gasteiger partial charge is 0.344 e. The Labute approximate surface area is 103 Å². The molecule has 0 aromatic carbocycles. The van der Waals surface area contributed by atoms with E-state index in [4.69, 9.17) is 0 Å². The van der Waals surface area contributed by atoms with Gasteiger partial charge >= 0.3 is 0 Å². The number of nitrogens with zero attached hydrogens (tertiary/aromatic N) is 1. The predicted molar refractivity (Wildman–Crippen MR) is 67.4 cm³/mol. The minimum atomic E-state index is -0.363. The zero-order valence-electron chi connectivity index (χ0n) is 11.1. The molecule has 0 aromatic heterocycles. The zero-order chi connectivity index (χ0) is 13.0. The number of allylic oxidation sites excluding steroid dienone is 1. The van der Waals surface area contributed by atoms with Crippen molar-refractivity contribution in [2.75, 3.05) is 6.54 Å². The lowest BCUT2D eigenvalue weighted by atomic mass is 10.1. The van der Waals surface area contributed by atoms with Crippen LogP contribution in [0, 0.1) is 0 Å². The molecule has 1 saturated heterocycles. The van der Waals surface area contributed by atoms with Gasteiger partial charge in [-0.15, -0.1) is 0 Å². The van der Waals surface area contributed by atoms with Crippen LogP contribution in [0.1, 0.15) is 40.5 Å². The second kappa shape index (κ2) is 5.84. The Kier molecular flexibility index (Phi) is 4.73. The van der Waals surface area contributed by atoms with Crippen LogP contribution in [-0.4, -0.2) is 35.3 Å². The van der Waals surface area contributed by atoms with Crippen molar-refractivity contribution in [3.05, 3.63) is 11.6 Å². The lowest BCUT2D eigenvalue weighted by Gasteiger charge is -2.27. The highest BCUT2D eigenvalue weighted by atomic mass is 16.2. The highest BCUT2D eigenvalue weighted by Gasteiger charge is 2.32. The van der Waals surface area contributed by atoms with Crippen molar-refractivity contribution in [1.29, 1.82) is 0 Å². The van der Waals surface area contributed by atoms with E-state index in [2.05, 4.69) is 5.32 Å². The summed E-state index contributed by atoms with van der Waals surface area (Å²) in [7, 11) is 0. The number of amides is 2. The number of nitrogens with one attached hydrogen (secondary N) is 1. The lowest BCUT2D eigenvalue weighted by Crippen LogP contribution is -2.46. The molecule has 0 radical (unpaired) electrons. The Hall–Kier alpha value is -1.32. The maximum Gasteiger partial charge on any atom is 0.245 e. The van der Waals surface area contributed by atoms with E-state index in [0.717, 1.165) is 0 Å². The van der Waals surface area contributed by atoms with E-state index in [0.29, 0.717) is 19.4 Å². The molecule has 4 heteroatoms. The Morgan fingerprint density at radius 1 is 1.47 bits per heavy atom. The number of hydrogen-bond donors (Lipinski definition) is 1. The van der Waals surface area contributed by atoms with Gasteiger partial charge in [-0.2, -0.15) is 0 Å². The molecule has 4 nitrogen and oxygen atoms in total. The third-order valence-corrected chi connectivity index (χ3v) is 3.03. The van der Waals surface area contributed by atoms with Crippen LogP contribution in [-0.2, 0) is 9.59 Å². The molecular weight excluding hydrogens is 216 g/mol. The Bertz CT molecular complexity index is 332. The summed E-state index contributed by atoms with van der Waals surface area (Å²) in [5.41, 5.74) is 1.18. The average molecular weight is 238 g/mol. The second-order valence-corrected chi connectivity index (χ2v) is 4.85. The molecule has 0 saturated carbocycles. The van der Waals surface area contributed by atoms with Crippen molar-refractivity contribution >= 4 is 11.8 Å². The third kappa shape index (κ3) is 3.58. The van der Waals surface area contributed by atoms with Crippen LogP contribution in [0.2, 0.25) is 0 Å². The summed E-state index contributed by atoms with van der Waals surface area (Å²) in [6.45, 7) is 8.45. The van der Waals surface area contributed by atoms with Crippen LogP contribution >= 0.6 is 0 Å². The van der Waals surface area contributed by atoms with Crippen LogP contribution < -0.4 is 5.32 Å². The third-order valence-electron chi connectivity index (χ3n) is 3.03. The van der Waals surface area contributed by atoms with Crippen LogP contribution in [0.15, 0.2) is 11.6 Å². The zero-order valence-corrected chi connectivity index (χ0v) is 11.1. The summed E-state index contributed by atoms with van der Waals surface area (Å²) in [6, 6.07) is -0.396. The predicted octanol–water partition coefficient (Wildman–Crippen LogP) is 1.47. The van der Waals surface area contributed by atoms with Crippen LogP contribution in [0.5, 0.6) is 0 Å². The maximum atomic E-state index is 12.2. The molecule has 1 aliphatic rings. The first-order valence-electron chi connectivity index (χ1n) is 6.19. The molecule has 0 spiro atoms. The first kappa shape index (κ1) is 13.7. The van der Waals surface area contributed by atoms with E-state index < -0.39 is 0 Å². The van der Waals surface area contributed by atoms with Crippen LogP contribution in [0.3, 0.4) is 0 Å². The topological polar surface area (TPSA) is 49.4 Å². The van der Waals surface area contributed by atoms with Gasteiger partial charge < -0.3 is 10.2 Å². The summed E-state index contributed by atoms with van der Waals surface area (Å²) >= 11 is 0. The van der Waals surface area contributed by atoms with E-state index in [1.54, 1.807) is 4.90 Å². The second-order valence-electron chi connectivity index (χ2n) is 4.85. The van der Waals surface area contributed by atoms with E-state index in [1.165, 1.54) is 5.57 Å². The lowest BCUT2D eigenvalue weighted by molar-refractivity contribution is -0.134. The molecule has 1 fully saturated rings. The van der Waals surface area contributed by atoms with Gasteiger partial charge in [0, 0.05) is 19.0 Å². The normalized spacial score (nSPS) is 25.3.